The Kier molecular flexibility index (Phi) is 29.5. The number of hydrogen-bond donors (Lipinski definition) is 0. The van der Waals surface area contributed by atoms with Crippen LogP contribution in [0.2, 0.25) is 0 Å². The first-order valence-electron chi connectivity index (χ1n) is 1.81. The van der Waals surface area contributed by atoms with Gasteiger partial charge in [-0.25, -0.2) is 0 Å². The third kappa shape index (κ3) is 22.6. The van der Waals surface area contributed by atoms with Gasteiger partial charge in [0.15, 0.2) is 0 Å². The number of rotatable bonds is 2. The minimum atomic E-state index is -4.87. The Morgan fingerprint density at radius 1 is 1.10 bits per heavy atom. The molecule has 0 atom stereocenters. The van der Waals surface area contributed by atoms with Gasteiger partial charge in [-0.05, 0) is 5.47 Å². The average molecular weight is 204 g/mol. The second-order valence-corrected chi connectivity index (χ2v) is 2.80. The van der Waals surface area contributed by atoms with Crippen LogP contribution in [0.5, 0.6) is 0 Å². The van der Waals surface area contributed by atoms with E-state index in [1.54, 1.807) is 0 Å². The predicted molar refractivity (Wildman–Crippen MR) is 20.2 cm³/mol. The second kappa shape index (κ2) is 12.6. The van der Waals surface area contributed by atoms with Crippen LogP contribution in [-0.2, 0) is 4.43 Å². The fourth-order valence-corrected chi connectivity index (χ4v) is 1.59. The normalized spacial score (nSPS) is 8.30. The molecule has 0 amide bonds. The van der Waals surface area contributed by atoms with Gasteiger partial charge in [0.2, 0.25) is 0 Å². The minimum absolute atomic E-state index is 0. The van der Waals surface area contributed by atoms with Crippen molar-refractivity contribution in [3.05, 3.63) is 0 Å². The van der Waals surface area contributed by atoms with Crippen molar-refractivity contribution in [1.82, 2.24) is 0 Å². The molecule has 0 spiro atoms. The van der Waals surface area contributed by atoms with Crippen LogP contribution < -0.4 is 103 Å². The van der Waals surface area contributed by atoms with E-state index in [0.717, 1.165) is 0 Å². The Bertz CT molecular complexity index is 59.0. The number of hydrogen-bond acceptors (Lipinski definition) is 4. The van der Waals surface area contributed by atoms with Gasteiger partial charge in [0.25, 0.3) is 16.3 Å². The molecule has 0 aromatic rings. The zero-order valence-corrected chi connectivity index (χ0v) is 15.8. The summed E-state index contributed by atoms with van der Waals surface area (Å²) in [4.78, 5) is 28.6. The molecule has 0 saturated heterocycles. The summed E-state index contributed by atoms with van der Waals surface area (Å²) in [6, 6.07) is 0. The molecule has 0 N–H and O–H groups in total. The topological polar surface area (TPSA) is 78.4 Å². The van der Waals surface area contributed by atoms with Crippen molar-refractivity contribution in [1.29, 1.82) is 0 Å². The van der Waals surface area contributed by atoms with Crippen molar-refractivity contribution in [2.45, 2.75) is 0 Å². The summed E-state index contributed by atoms with van der Waals surface area (Å²) in [6.07, 6.45) is 0. The summed E-state index contributed by atoms with van der Waals surface area (Å²) >= 11 is 0.582. The van der Waals surface area contributed by atoms with E-state index in [9.17, 15) is 14.4 Å². The molecule has 0 radical (unpaired) electrons. The van der Waals surface area contributed by atoms with Gasteiger partial charge in [-0.15, -0.1) is 9.05 Å². The molecule has 0 aromatic carbocycles. The predicted octanol–water partition coefficient (Wildman–Crippen LogP) is -13.9. The molecule has 42 valence electrons. The van der Waals surface area contributed by atoms with Gasteiger partial charge in [-0.3, -0.25) is 0 Å². The van der Waals surface area contributed by atoms with Crippen LogP contribution in [0.15, 0.2) is 0 Å². The molecule has 0 rings (SSSR count). The van der Waals surface area contributed by atoms with Crippen LogP contribution in [-0.4, -0.2) is 30.8 Å². The molecule has 0 saturated carbocycles. The van der Waals surface area contributed by atoms with Gasteiger partial charge in [-0.1, -0.05) is 0 Å². The molecular weight excluding hydrogens is 200 g/mol. The van der Waals surface area contributed by atoms with Gasteiger partial charge in [0.1, 0.15) is 0 Å². The summed E-state index contributed by atoms with van der Waals surface area (Å²) in [5.41, 5.74) is 0.0721. The van der Waals surface area contributed by atoms with Crippen molar-refractivity contribution < 1.29 is 107 Å². The summed E-state index contributed by atoms with van der Waals surface area (Å²) in [6.45, 7) is 0. The minimum Gasteiger partial charge on any atom is -0.861 e. The van der Waals surface area contributed by atoms with Crippen LogP contribution in [0.25, 0.3) is 0 Å². The molecule has 4 nitrogen and oxygen atoms in total. The molecule has 0 aliphatic rings. The fraction of sp³-hybridized carbons (Fsp3) is 1.00. The Morgan fingerprint density at radius 3 is 1.40 bits per heavy atom. The summed E-state index contributed by atoms with van der Waals surface area (Å²) in [5.74, 6) is 0. The summed E-state index contributed by atoms with van der Waals surface area (Å²) in [5, 5.41) is 0. The monoisotopic (exact) mass is 204 g/mol. The van der Waals surface area contributed by atoms with Crippen LogP contribution in [0.3, 0.4) is 0 Å². The van der Waals surface area contributed by atoms with E-state index in [2.05, 4.69) is 4.43 Å². The van der Waals surface area contributed by atoms with Crippen LogP contribution in [0.1, 0.15) is 0 Å². The standard InChI is InChI=1S/CH2O4Si.Al.3Na.2H/c1-5-6(2,3)4;;;;;;/h1H2;;;;;;/q-3;;3*+1;;. The van der Waals surface area contributed by atoms with E-state index >= 15 is 0 Å². The quantitative estimate of drug-likeness (QED) is 0.418. The molecule has 0 fully saturated rings. The molecule has 0 bridgehead atoms. The summed E-state index contributed by atoms with van der Waals surface area (Å²) in [7, 11) is -4.87. The molecular formula is CH4AlNa3O4Si. The Labute approximate surface area is 136 Å². The maximum Gasteiger partial charge on any atom is 1.00 e. The van der Waals surface area contributed by atoms with E-state index in [1.165, 1.54) is 0 Å². The van der Waals surface area contributed by atoms with Crippen LogP contribution >= 0.6 is 0 Å². The maximum absolute atomic E-state index is 9.53. The SMILES string of the molecule is [Na+].[Na+].[Na+].[O-][Si]([O-])([O-])O[CH2][AlH2]. The van der Waals surface area contributed by atoms with E-state index in [1.807, 2.05) is 0 Å². The smallest absolute Gasteiger partial charge is 0.861 e. The zero-order valence-electron chi connectivity index (χ0n) is 6.84. The van der Waals surface area contributed by atoms with Gasteiger partial charge < -0.3 is 18.8 Å². The third-order valence-corrected chi connectivity index (χ3v) is 1.83. The van der Waals surface area contributed by atoms with E-state index < -0.39 is 9.05 Å². The van der Waals surface area contributed by atoms with Crippen LogP contribution in [0.4, 0.5) is 0 Å². The fourth-order valence-electron chi connectivity index (χ4n) is 0.177. The molecule has 9 heteroatoms. The molecule has 0 heterocycles. The van der Waals surface area contributed by atoms with Crippen LogP contribution in [0, 0.1) is 0 Å². The van der Waals surface area contributed by atoms with Crippen molar-refractivity contribution >= 4 is 25.3 Å². The van der Waals surface area contributed by atoms with Crippen molar-refractivity contribution in [2.24, 2.45) is 0 Å². The first-order valence-corrected chi connectivity index (χ1v) is 4.86. The van der Waals surface area contributed by atoms with Crippen molar-refractivity contribution in [3.8, 4) is 0 Å². The largest absolute Gasteiger partial charge is 1.00 e. The third-order valence-electron chi connectivity index (χ3n) is 0.321. The van der Waals surface area contributed by atoms with E-state index in [4.69, 9.17) is 0 Å². The molecule has 0 unspecified atom stereocenters. The van der Waals surface area contributed by atoms with Gasteiger partial charge in [0.05, 0.1) is 0 Å². The van der Waals surface area contributed by atoms with E-state index in [-0.39, 0.29) is 94.1 Å². The first-order chi connectivity index (χ1) is 3.06. The Balaban J connectivity index is -0.0000000600. The van der Waals surface area contributed by atoms with Crippen molar-refractivity contribution in [3.63, 3.8) is 0 Å². The van der Waals surface area contributed by atoms with Gasteiger partial charge in [0, 0.05) is 0 Å². The Morgan fingerprint density at radius 2 is 1.40 bits per heavy atom. The second-order valence-electron chi connectivity index (χ2n) is 0.933. The molecule has 0 aliphatic heterocycles. The molecule has 0 aliphatic carbocycles. The van der Waals surface area contributed by atoms with E-state index in [0.29, 0.717) is 16.3 Å². The first kappa shape index (κ1) is 23.4. The van der Waals surface area contributed by atoms with Gasteiger partial charge in [-0.2, -0.15) is 0 Å². The Hall–Kier alpha value is 3.59. The maximum atomic E-state index is 9.53. The van der Waals surface area contributed by atoms with Gasteiger partial charge >= 0.3 is 88.7 Å². The zero-order chi connectivity index (χ0) is 5.91. The molecule has 10 heavy (non-hydrogen) atoms. The van der Waals surface area contributed by atoms with Crippen molar-refractivity contribution in [2.75, 3.05) is 5.47 Å². The average Bonchev–Trinajstić information content (AvgIpc) is 1.30. The molecule has 0 aromatic heterocycles. The summed E-state index contributed by atoms with van der Waals surface area (Å²) < 4.78 is 3.76.